The van der Waals surface area contributed by atoms with Crippen molar-refractivity contribution in [2.75, 3.05) is 6.61 Å². The average Bonchev–Trinajstić information content (AvgIpc) is 3.24. The minimum absolute atomic E-state index is 0.0331. The number of nitrogens with zero attached hydrogens (tertiary/aromatic N) is 1. The molecule has 0 bridgehead atoms. The molecule has 110 valence electrons. The van der Waals surface area contributed by atoms with E-state index in [4.69, 9.17) is 4.74 Å². The minimum Gasteiger partial charge on any atom is -0.484 e. The van der Waals surface area contributed by atoms with Crippen LogP contribution in [0.4, 0.5) is 0 Å². The summed E-state index contributed by atoms with van der Waals surface area (Å²) >= 11 is 3.42. The third kappa shape index (κ3) is 2.91. The molecule has 0 N–H and O–H groups in total. The van der Waals surface area contributed by atoms with Crippen LogP contribution < -0.4 is 4.74 Å². The molecule has 1 fully saturated rings. The summed E-state index contributed by atoms with van der Waals surface area (Å²) in [6.07, 6.45) is 2.44. The highest BCUT2D eigenvalue weighted by atomic mass is 79.9. The van der Waals surface area contributed by atoms with Gasteiger partial charge in [-0.15, -0.1) is 0 Å². The van der Waals surface area contributed by atoms with Gasteiger partial charge in [-0.2, -0.15) is 0 Å². The van der Waals surface area contributed by atoms with E-state index >= 15 is 0 Å². The number of hydrogen-bond acceptors (Lipinski definition) is 2. The predicted molar refractivity (Wildman–Crippen MR) is 86.1 cm³/mol. The second-order valence-electron chi connectivity index (χ2n) is 5.53. The largest absolute Gasteiger partial charge is 0.484 e. The Balaban J connectivity index is 1.74. The Hall–Kier alpha value is -1.55. The summed E-state index contributed by atoms with van der Waals surface area (Å²) in [6.45, 7) is 4.16. The van der Waals surface area contributed by atoms with Crippen molar-refractivity contribution in [1.82, 2.24) is 4.57 Å². The van der Waals surface area contributed by atoms with Crippen LogP contribution >= 0.6 is 15.9 Å². The Morgan fingerprint density at radius 2 is 2.05 bits per heavy atom. The van der Waals surface area contributed by atoms with E-state index in [1.165, 1.54) is 18.5 Å². The molecule has 0 amide bonds. The molecule has 1 aliphatic carbocycles. The molecule has 0 unspecified atom stereocenters. The summed E-state index contributed by atoms with van der Waals surface area (Å²) in [5.41, 5.74) is 3.02. The Labute approximate surface area is 133 Å². The third-order valence-electron chi connectivity index (χ3n) is 3.89. The van der Waals surface area contributed by atoms with Crippen molar-refractivity contribution in [3.05, 3.63) is 51.8 Å². The highest BCUT2D eigenvalue weighted by Gasteiger charge is 2.28. The highest BCUT2D eigenvalue weighted by Crippen LogP contribution is 2.38. The topological polar surface area (TPSA) is 31.2 Å². The van der Waals surface area contributed by atoms with Crippen LogP contribution in [-0.4, -0.2) is 17.0 Å². The van der Waals surface area contributed by atoms with Crippen LogP contribution in [0.15, 0.2) is 34.8 Å². The molecular formula is C17H18BrNO2. The molecular weight excluding hydrogens is 330 g/mol. The summed E-state index contributed by atoms with van der Waals surface area (Å²) in [5.74, 6) is 0.729. The Morgan fingerprint density at radius 3 is 2.71 bits per heavy atom. The van der Waals surface area contributed by atoms with E-state index < -0.39 is 0 Å². The van der Waals surface area contributed by atoms with Crippen LogP contribution in [0.25, 0.3) is 0 Å². The monoisotopic (exact) mass is 347 g/mol. The Kier molecular flexibility index (Phi) is 3.89. The van der Waals surface area contributed by atoms with E-state index in [9.17, 15) is 4.79 Å². The van der Waals surface area contributed by atoms with Gasteiger partial charge in [-0.3, -0.25) is 4.79 Å². The van der Waals surface area contributed by atoms with Crippen molar-refractivity contribution in [2.45, 2.75) is 32.7 Å². The summed E-state index contributed by atoms with van der Waals surface area (Å²) in [6, 6.07) is 10.1. The van der Waals surface area contributed by atoms with Crippen molar-refractivity contribution in [3.8, 4) is 5.75 Å². The normalized spacial score (nSPS) is 14.2. The van der Waals surface area contributed by atoms with E-state index in [-0.39, 0.29) is 12.4 Å². The molecule has 2 aromatic rings. The van der Waals surface area contributed by atoms with E-state index in [0.29, 0.717) is 11.8 Å². The lowest BCUT2D eigenvalue weighted by Gasteiger charge is -2.09. The molecule has 1 aliphatic rings. The lowest BCUT2D eigenvalue weighted by Crippen LogP contribution is -2.13. The number of carbonyl (C=O) groups is 1. The number of rotatable bonds is 5. The van der Waals surface area contributed by atoms with Crippen molar-refractivity contribution >= 4 is 21.7 Å². The molecule has 3 rings (SSSR count). The molecule has 21 heavy (non-hydrogen) atoms. The zero-order valence-corrected chi connectivity index (χ0v) is 13.8. The maximum atomic E-state index is 12.4. The van der Waals surface area contributed by atoms with Gasteiger partial charge in [-0.1, -0.05) is 12.1 Å². The smallest absolute Gasteiger partial charge is 0.202 e. The van der Waals surface area contributed by atoms with Crippen LogP contribution in [0.2, 0.25) is 0 Å². The van der Waals surface area contributed by atoms with E-state index in [1.807, 2.05) is 37.3 Å². The number of para-hydroxylation sites is 1. The molecule has 1 saturated carbocycles. The molecule has 0 aliphatic heterocycles. The zero-order valence-electron chi connectivity index (χ0n) is 12.2. The highest BCUT2D eigenvalue weighted by molar-refractivity contribution is 9.10. The van der Waals surface area contributed by atoms with Gasteiger partial charge in [0.05, 0.1) is 4.47 Å². The van der Waals surface area contributed by atoms with Gasteiger partial charge in [0.2, 0.25) is 5.78 Å². The van der Waals surface area contributed by atoms with Gasteiger partial charge in [-0.25, -0.2) is 0 Å². The fourth-order valence-electron chi connectivity index (χ4n) is 2.74. The van der Waals surface area contributed by atoms with E-state index in [1.54, 1.807) is 0 Å². The number of ketones is 1. The number of ether oxygens (including phenoxy) is 1. The van der Waals surface area contributed by atoms with Crippen molar-refractivity contribution in [3.63, 3.8) is 0 Å². The summed E-state index contributed by atoms with van der Waals surface area (Å²) in [5, 5.41) is 0. The third-order valence-corrected chi connectivity index (χ3v) is 4.55. The standard InChI is InChI=1S/C17H18BrNO2/c1-11-9-14(12(2)19(11)13-7-8-13)16(20)10-21-17-6-4-3-5-15(17)18/h3-6,9,13H,7-8,10H2,1-2H3. The molecule has 3 nitrogen and oxygen atoms in total. The molecule has 0 radical (unpaired) electrons. The van der Waals surface area contributed by atoms with Gasteiger partial charge < -0.3 is 9.30 Å². The molecule has 1 heterocycles. The number of Topliss-reactive ketones (excluding diaryl/α,β-unsaturated/α-hetero) is 1. The van der Waals surface area contributed by atoms with Crippen LogP contribution in [0.3, 0.4) is 0 Å². The van der Waals surface area contributed by atoms with Gasteiger partial charge in [-0.05, 0) is 60.8 Å². The average molecular weight is 348 g/mol. The Morgan fingerprint density at radius 1 is 1.33 bits per heavy atom. The van der Waals surface area contributed by atoms with Crippen LogP contribution in [0.1, 0.15) is 40.6 Å². The summed E-state index contributed by atoms with van der Waals surface area (Å²) in [4.78, 5) is 12.4. The number of benzene rings is 1. The second kappa shape index (κ2) is 5.68. The van der Waals surface area contributed by atoms with Crippen LogP contribution in [0.5, 0.6) is 5.75 Å². The van der Waals surface area contributed by atoms with Crippen molar-refractivity contribution < 1.29 is 9.53 Å². The lowest BCUT2D eigenvalue weighted by molar-refractivity contribution is 0.0920. The minimum atomic E-state index is 0.0331. The van der Waals surface area contributed by atoms with Gasteiger partial charge in [0.1, 0.15) is 5.75 Å². The predicted octanol–water partition coefficient (Wildman–Crippen LogP) is 4.46. The lowest BCUT2D eigenvalue weighted by atomic mass is 10.1. The molecule has 1 aromatic heterocycles. The van der Waals surface area contributed by atoms with Crippen molar-refractivity contribution in [1.29, 1.82) is 0 Å². The van der Waals surface area contributed by atoms with Crippen LogP contribution in [-0.2, 0) is 0 Å². The maximum Gasteiger partial charge on any atom is 0.202 e. The summed E-state index contributed by atoms with van der Waals surface area (Å²) in [7, 11) is 0. The first kappa shape index (κ1) is 14.4. The first-order valence-electron chi connectivity index (χ1n) is 7.17. The zero-order chi connectivity index (χ0) is 15.0. The SMILES string of the molecule is Cc1cc(C(=O)COc2ccccc2Br)c(C)n1C1CC1. The van der Waals surface area contributed by atoms with Gasteiger partial charge in [0, 0.05) is 23.0 Å². The Bertz CT molecular complexity index is 686. The van der Waals surface area contributed by atoms with Gasteiger partial charge >= 0.3 is 0 Å². The first-order valence-corrected chi connectivity index (χ1v) is 7.96. The quantitative estimate of drug-likeness (QED) is 0.747. The summed E-state index contributed by atoms with van der Waals surface area (Å²) < 4.78 is 8.77. The molecule has 0 spiro atoms. The second-order valence-corrected chi connectivity index (χ2v) is 6.38. The molecule has 0 atom stereocenters. The van der Waals surface area contributed by atoms with E-state index in [2.05, 4.69) is 27.4 Å². The van der Waals surface area contributed by atoms with Gasteiger partial charge in [0.15, 0.2) is 6.61 Å². The molecule has 0 saturated heterocycles. The number of aromatic nitrogens is 1. The number of hydrogen-bond donors (Lipinski definition) is 0. The molecule has 4 heteroatoms. The number of halogens is 1. The van der Waals surface area contributed by atoms with Crippen molar-refractivity contribution in [2.24, 2.45) is 0 Å². The maximum absolute atomic E-state index is 12.4. The number of aryl methyl sites for hydroxylation is 1. The first-order chi connectivity index (χ1) is 10.1. The van der Waals surface area contributed by atoms with E-state index in [0.717, 1.165) is 15.7 Å². The fraction of sp³-hybridized carbons (Fsp3) is 0.353. The number of carbonyl (C=O) groups excluding carboxylic acids is 1. The van der Waals surface area contributed by atoms with Crippen LogP contribution in [0, 0.1) is 13.8 Å². The fourth-order valence-corrected chi connectivity index (χ4v) is 3.14. The van der Waals surface area contributed by atoms with Gasteiger partial charge in [0.25, 0.3) is 0 Å². The molecule has 1 aromatic carbocycles.